The van der Waals surface area contributed by atoms with E-state index >= 15 is 0 Å². The molecule has 2 fully saturated rings. The maximum Gasteiger partial charge on any atom is 0.229 e. The molecule has 2 aromatic carbocycles. The zero-order chi connectivity index (χ0) is 31.5. The molecule has 45 heavy (non-hydrogen) atoms. The van der Waals surface area contributed by atoms with Crippen LogP contribution in [0.4, 0.5) is 34.5 Å². The number of nitrogens with one attached hydrogen (secondary N) is 2. The van der Waals surface area contributed by atoms with Gasteiger partial charge in [-0.25, -0.2) is 4.98 Å². The normalized spacial score (nSPS) is 16.6. The van der Waals surface area contributed by atoms with E-state index in [1.54, 1.807) is 37.6 Å². The van der Waals surface area contributed by atoms with Gasteiger partial charge in [0.25, 0.3) is 0 Å². The highest BCUT2D eigenvalue weighted by atomic mass is 79.9. The molecule has 13 heteroatoms. The molecule has 2 saturated heterocycles. The topological polar surface area (TPSA) is 97.8 Å². The first kappa shape index (κ1) is 31.6. The van der Waals surface area contributed by atoms with Gasteiger partial charge in [0, 0.05) is 89.0 Å². The highest BCUT2D eigenvalue weighted by Gasteiger charge is 2.28. The number of methoxy groups -OCH3 is 1. The molecule has 0 radical (unpaired) electrons. The molecule has 0 atom stereocenters. The van der Waals surface area contributed by atoms with E-state index in [0.717, 1.165) is 51.4 Å². The Hall–Kier alpha value is -3.39. The number of anilines is 6. The van der Waals surface area contributed by atoms with Crippen molar-refractivity contribution in [1.82, 2.24) is 29.7 Å². The number of aromatic nitrogens is 4. The van der Waals surface area contributed by atoms with Gasteiger partial charge in [-0.15, -0.1) is 0 Å². The number of nitrogens with zero attached hydrogens (tertiary/aromatic N) is 8. The molecule has 0 bridgehead atoms. The first-order valence-corrected chi connectivity index (χ1v) is 17.3. The maximum atomic E-state index is 5.87. The molecule has 0 unspecified atom stereocenters. The summed E-state index contributed by atoms with van der Waals surface area (Å²) in [5.74, 6) is 1.84. The standard InChI is InChI=1S/C32H41BrN10OS/c1-21-18-26(28(44-4)19-27(21)43-12-8-22(9-13-43)42-16-14-40(2)15-17-42)38-32-36-20-23(33)31(39-32)37-25-7-6-24-29(35-11-10-34-24)30(25)41(3)45-5/h6-7,10-11,18-20,22H,8-9,12-17H2,1-5H3,(H2,36,37,38,39). The van der Waals surface area contributed by atoms with Gasteiger partial charge in [-0.2, -0.15) is 4.98 Å². The van der Waals surface area contributed by atoms with E-state index < -0.39 is 0 Å². The lowest BCUT2D eigenvalue weighted by Crippen LogP contribution is -2.52. The van der Waals surface area contributed by atoms with Crippen molar-refractivity contribution in [1.29, 1.82) is 0 Å². The fraction of sp³-hybridized carbons (Fsp3) is 0.438. The van der Waals surface area contributed by atoms with E-state index in [0.29, 0.717) is 17.8 Å². The molecule has 0 aliphatic carbocycles. The number of likely N-dealkylation sites (N-methyl/N-ethyl adjacent to an activating group) is 1. The van der Waals surface area contributed by atoms with Crippen LogP contribution in [0.25, 0.3) is 11.0 Å². The molecular formula is C32H41BrN10OS. The summed E-state index contributed by atoms with van der Waals surface area (Å²) >= 11 is 5.23. The van der Waals surface area contributed by atoms with Crippen molar-refractivity contribution in [2.45, 2.75) is 25.8 Å². The third-order valence-corrected chi connectivity index (χ3v) is 10.1. The Kier molecular flexibility index (Phi) is 9.78. The first-order chi connectivity index (χ1) is 21.8. The average Bonchev–Trinajstić information content (AvgIpc) is 3.06. The van der Waals surface area contributed by atoms with Crippen LogP contribution in [0, 0.1) is 6.92 Å². The molecule has 4 aromatic rings. The van der Waals surface area contributed by atoms with Gasteiger partial charge in [0.05, 0.1) is 34.2 Å². The Morgan fingerprint density at radius 3 is 2.47 bits per heavy atom. The molecule has 238 valence electrons. The Bertz CT molecular complexity index is 1640. The summed E-state index contributed by atoms with van der Waals surface area (Å²) in [6, 6.07) is 8.91. The van der Waals surface area contributed by atoms with Crippen LogP contribution in [0.1, 0.15) is 18.4 Å². The molecule has 4 heterocycles. The van der Waals surface area contributed by atoms with Crippen LogP contribution in [0.3, 0.4) is 0 Å². The van der Waals surface area contributed by atoms with Crippen LogP contribution in [0.5, 0.6) is 5.75 Å². The summed E-state index contributed by atoms with van der Waals surface area (Å²) in [5.41, 5.74) is 6.66. The number of benzene rings is 2. The van der Waals surface area contributed by atoms with E-state index in [1.807, 2.05) is 25.4 Å². The van der Waals surface area contributed by atoms with Crippen LogP contribution in [-0.2, 0) is 0 Å². The van der Waals surface area contributed by atoms with Crippen molar-refractivity contribution in [2.24, 2.45) is 0 Å². The molecule has 6 rings (SSSR count). The van der Waals surface area contributed by atoms with Crippen LogP contribution in [0.15, 0.2) is 47.3 Å². The van der Waals surface area contributed by atoms with Crippen molar-refractivity contribution in [3.05, 3.63) is 52.9 Å². The van der Waals surface area contributed by atoms with Crippen LogP contribution in [-0.4, -0.2) is 103 Å². The van der Waals surface area contributed by atoms with Gasteiger partial charge >= 0.3 is 0 Å². The van der Waals surface area contributed by atoms with E-state index in [4.69, 9.17) is 9.72 Å². The van der Waals surface area contributed by atoms with E-state index in [1.165, 1.54) is 50.3 Å². The summed E-state index contributed by atoms with van der Waals surface area (Å²) in [6.45, 7) is 8.94. The zero-order valence-corrected chi connectivity index (χ0v) is 29.0. The van der Waals surface area contributed by atoms with Crippen molar-refractivity contribution < 1.29 is 4.74 Å². The Morgan fingerprint density at radius 1 is 0.978 bits per heavy atom. The number of hydrogen-bond donors (Lipinski definition) is 2. The number of aryl methyl sites for hydroxylation is 1. The van der Waals surface area contributed by atoms with Crippen molar-refractivity contribution in [3.8, 4) is 5.75 Å². The number of hydrogen-bond acceptors (Lipinski definition) is 12. The van der Waals surface area contributed by atoms with Crippen LogP contribution in [0.2, 0.25) is 0 Å². The molecule has 2 aromatic heterocycles. The van der Waals surface area contributed by atoms with Gasteiger partial charge in [-0.05, 0) is 66.5 Å². The van der Waals surface area contributed by atoms with Gasteiger partial charge in [-0.1, -0.05) is 11.9 Å². The summed E-state index contributed by atoms with van der Waals surface area (Å²) in [4.78, 5) is 26.1. The summed E-state index contributed by atoms with van der Waals surface area (Å²) in [7, 11) is 5.94. The predicted molar refractivity (Wildman–Crippen MR) is 190 cm³/mol. The number of piperazine rings is 1. The minimum absolute atomic E-state index is 0.458. The molecule has 2 N–H and O–H groups in total. The van der Waals surface area contributed by atoms with Crippen LogP contribution >= 0.6 is 27.9 Å². The number of fused-ring (bicyclic) bond motifs is 1. The second-order valence-corrected chi connectivity index (χ2v) is 13.4. The summed E-state index contributed by atoms with van der Waals surface area (Å²) in [6.07, 6.45) is 9.56. The Balaban J connectivity index is 1.20. The molecular weight excluding hydrogens is 652 g/mol. The Labute approximate surface area is 278 Å². The van der Waals surface area contributed by atoms with Gasteiger partial charge in [0.2, 0.25) is 5.95 Å². The lowest BCUT2D eigenvalue weighted by molar-refractivity contribution is 0.0982. The highest BCUT2D eigenvalue weighted by Crippen LogP contribution is 2.39. The second kappa shape index (κ2) is 13.9. The third-order valence-electron chi connectivity index (χ3n) is 8.82. The van der Waals surface area contributed by atoms with Crippen molar-refractivity contribution in [3.63, 3.8) is 0 Å². The predicted octanol–water partition coefficient (Wildman–Crippen LogP) is 5.92. The molecule has 2 aliphatic rings. The smallest absolute Gasteiger partial charge is 0.229 e. The fourth-order valence-corrected chi connectivity index (χ4v) is 6.90. The first-order valence-electron chi connectivity index (χ1n) is 15.3. The second-order valence-electron chi connectivity index (χ2n) is 11.6. The lowest BCUT2D eigenvalue weighted by Gasteiger charge is -2.43. The Morgan fingerprint density at radius 2 is 1.73 bits per heavy atom. The third kappa shape index (κ3) is 6.91. The minimum Gasteiger partial charge on any atom is -0.494 e. The van der Waals surface area contributed by atoms with Gasteiger partial charge in [-0.3, -0.25) is 14.9 Å². The van der Waals surface area contributed by atoms with Gasteiger partial charge < -0.3 is 29.5 Å². The van der Waals surface area contributed by atoms with E-state index in [-0.39, 0.29) is 0 Å². The number of piperidine rings is 1. The highest BCUT2D eigenvalue weighted by molar-refractivity contribution is 9.10. The molecule has 0 saturated carbocycles. The number of rotatable bonds is 9. The summed E-state index contributed by atoms with van der Waals surface area (Å²) in [5, 5.41) is 6.90. The minimum atomic E-state index is 0.458. The molecule has 0 spiro atoms. The fourth-order valence-electron chi connectivity index (χ4n) is 6.24. The van der Waals surface area contributed by atoms with Crippen molar-refractivity contribution >= 4 is 73.4 Å². The van der Waals surface area contributed by atoms with E-state index in [9.17, 15) is 0 Å². The monoisotopic (exact) mass is 692 g/mol. The largest absolute Gasteiger partial charge is 0.494 e. The molecule has 0 amide bonds. The average molecular weight is 694 g/mol. The quantitative estimate of drug-likeness (QED) is 0.204. The number of halogens is 1. The van der Waals surface area contributed by atoms with Crippen LogP contribution < -0.4 is 24.6 Å². The maximum absolute atomic E-state index is 5.87. The lowest BCUT2D eigenvalue weighted by atomic mass is 10.0. The van der Waals surface area contributed by atoms with Crippen molar-refractivity contribution in [2.75, 3.05) is 86.6 Å². The zero-order valence-electron chi connectivity index (χ0n) is 26.5. The number of ether oxygens (including phenoxy) is 1. The van der Waals surface area contributed by atoms with E-state index in [2.05, 4.69) is 86.6 Å². The van der Waals surface area contributed by atoms with Gasteiger partial charge in [0.1, 0.15) is 17.1 Å². The molecule has 11 nitrogen and oxygen atoms in total. The van der Waals surface area contributed by atoms with Gasteiger partial charge in [0.15, 0.2) is 0 Å². The SMILES string of the molecule is COc1cc(N2CCC(N3CCN(C)CC3)CC2)c(C)cc1Nc1ncc(Br)c(Nc2ccc3nccnc3c2N(C)SC)n1. The molecule has 2 aliphatic heterocycles. The summed E-state index contributed by atoms with van der Waals surface area (Å²) < 4.78 is 8.68.